The highest BCUT2D eigenvalue weighted by atomic mass is 31.2. The van der Waals surface area contributed by atoms with Crippen LogP contribution in [0.2, 0.25) is 0 Å². The SMILES string of the molecule is COc1nc(N)nc2c1ncn2[C@H]1C=C[C@@H](COP(=O)(NC(C)C(=O)O)Oc2cccc3ccccc23)C1. The molecule has 1 aliphatic carbocycles. The number of nitrogens with zero attached hydrogens (tertiary/aromatic N) is 4. The Morgan fingerprint density at radius 2 is 2.03 bits per heavy atom. The van der Waals surface area contributed by atoms with Crippen LogP contribution in [0.3, 0.4) is 0 Å². The molecule has 5 rings (SSSR count). The van der Waals surface area contributed by atoms with E-state index in [9.17, 15) is 14.5 Å². The monoisotopic (exact) mass is 538 g/mol. The van der Waals surface area contributed by atoms with Crippen molar-refractivity contribution < 1.29 is 28.3 Å². The van der Waals surface area contributed by atoms with Crippen molar-refractivity contribution in [2.24, 2.45) is 5.92 Å². The van der Waals surface area contributed by atoms with Crippen LogP contribution in [0, 0.1) is 5.92 Å². The van der Waals surface area contributed by atoms with Crippen LogP contribution in [-0.2, 0) is 13.9 Å². The van der Waals surface area contributed by atoms with Gasteiger partial charge in [-0.1, -0.05) is 48.6 Å². The van der Waals surface area contributed by atoms with E-state index in [0.29, 0.717) is 29.2 Å². The van der Waals surface area contributed by atoms with Gasteiger partial charge in [-0.15, -0.1) is 0 Å². The topological polar surface area (TPSA) is 164 Å². The summed E-state index contributed by atoms with van der Waals surface area (Å²) in [7, 11) is -2.59. The number of rotatable bonds is 10. The zero-order valence-corrected chi connectivity index (χ0v) is 21.6. The van der Waals surface area contributed by atoms with Crippen LogP contribution in [0.5, 0.6) is 11.6 Å². The Balaban J connectivity index is 1.33. The van der Waals surface area contributed by atoms with Crippen molar-refractivity contribution in [3.05, 3.63) is 60.9 Å². The molecule has 0 spiro atoms. The first-order valence-electron chi connectivity index (χ1n) is 11.9. The number of allylic oxidation sites excluding steroid dienone is 1. The molecule has 0 radical (unpaired) electrons. The molecule has 2 unspecified atom stereocenters. The van der Waals surface area contributed by atoms with Gasteiger partial charge in [0.1, 0.15) is 11.8 Å². The number of anilines is 1. The molecule has 4 N–H and O–H groups in total. The molecule has 4 atom stereocenters. The van der Waals surface area contributed by atoms with Crippen LogP contribution >= 0.6 is 7.75 Å². The summed E-state index contributed by atoms with van der Waals surface area (Å²) in [4.78, 5) is 24.2. The number of hydrogen-bond donors (Lipinski definition) is 3. The molecule has 1 aliphatic rings. The Hall–Kier alpha value is -3.99. The van der Waals surface area contributed by atoms with Gasteiger partial charge in [0, 0.05) is 11.3 Å². The number of ether oxygens (including phenoxy) is 1. The molecule has 0 saturated carbocycles. The minimum absolute atomic E-state index is 0.0292. The van der Waals surface area contributed by atoms with Crippen LogP contribution in [0.1, 0.15) is 19.4 Å². The number of aliphatic carboxylic acids is 1. The van der Waals surface area contributed by atoms with E-state index < -0.39 is 19.8 Å². The summed E-state index contributed by atoms with van der Waals surface area (Å²) in [6.07, 6.45) is 6.16. The number of nitrogens with one attached hydrogen (secondary N) is 1. The Morgan fingerprint density at radius 3 is 2.82 bits per heavy atom. The summed E-state index contributed by atoms with van der Waals surface area (Å²) in [5, 5.41) is 13.6. The second-order valence-electron chi connectivity index (χ2n) is 8.91. The van der Waals surface area contributed by atoms with E-state index in [1.54, 1.807) is 18.5 Å². The Kier molecular flexibility index (Phi) is 7.02. The fraction of sp³-hybridized carbons (Fsp3) is 0.280. The Labute approximate surface area is 218 Å². The van der Waals surface area contributed by atoms with Crippen molar-refractivity contribution in [2.45, 2.75) is 25.4 Å². The summed E-state index contributed by atoms with van der Waals surface area (Å²) >= 11 is 0. The number of carboxylic acid groups (broad SMARTS) is 1. The van der Waals surface area contributed by atoms with Crippen LogP contribution < -0.4 is 20.1 Å². The largest absolute Gasteiger partial charge is 0.480 e. The first kappa shape index (κ1) is 25.7. The number of carboxylic acids is 1. The molecule has 0 saturated heterocycles. The normalized spacial score (nSPS) is 19.4. The van der Waals surface area contributed by atoms with Crippen LogP contribution in [-0.4, -0.2) is 50.4 Å². The molecule has 0 amide bonds. The summed E-state index contributed by atoms with van der Waals surface area (Å²) in [5.41, 5.74) is 6.86. The highest BCUT2D eigenvalue weighted by Gasteiger charge is 2.34. The quantitative estimate of drug-likeness (QED) is 0.198. The van der Waals surface area contributed by atoms with Gasteiger partial charge in [0.2, 0.25) is 11.8 Å². The average Bonchev–Trinajstić information content (AvgIpc) is 3.54. The summed E-state index contributed by atoms with van der Waals surface area (Å²) in [5.74, 6) is -0.626. The van der Waals surface area contributed by atoms with Crippen molar-refractivity contribution in [1.82, 2.24) is 24.6 Å². The van der Waals surface area contributed by atoms with Crippen LogP contribution in [0.25, 0.3) is 21.9 Å². The third-order valence-corrected chi connectivity index (χ3v) is 7.89. The Bertz CT molecular complexity index is 1570. The van der Waals surface area contributed by atoms with Gasteiger partial charge < -0.3 is 24.7 Å². The van der Waals surface area contributed by atoms with Crippen molar-refractivity contribution in [2.75, 3.05) is 19.5 Å². The van der Waals surface area contributed by atoms with Gasteiger partial charge in [-0.2, -0.15) is 15.1 Å². The summed E-state index contributed by atoms with van der Waals surface area (Å²) in [6.45, 7) is 1.41. The third kappa shape index (κ3) is 5.19. The number of methoxy groups -OCH3 is 1. The number of benzene rings is 2. The lowest BCUT2D eigenvalue weighted by Crippen LogP contribution is -2.33. The molecule has 4 aromatic rings. The number of nitrogen functional groups attached to an aromatic ring is 1. The van der Waals surface area contributed by atoms with E-state index in [1.165, 1.54) is 14.0 Å². The number of fused-ring (bicyclic) bond motifs is 2. The maximum atomic E-state index is 13.8. The molecule has 2 aromatic carbocycles. The maximum Gasteiger partial charge on any atom is 0.459 e. The number of hydrogen-bond acceptors (Lipinski definition) is 9. The molecule has 12 nitrogen and oxygen atoms in total. The second kappa shape index (κ2) is 10.4. The van der Waals surface area contributed by atoms with E-state index in [1.807, 2.05) is 47.1 Å². The number of imidazole rings is 1. The minimum atomic E-state index is -4.08. The number of carbonyl (C=O) groups is 1. The second-order valence-corrected chi connectivity index (χ2v) is 10.6. The predicted octanol–water partition coefficient (Wildman–Crippen LogP) is 3.95. The van der Waals surface area contributed by atoms with Crippen LogP contribution in [0.15, 0.2) is 60.9 Å². The lowest BCUT2D eigenvalue weighted by molar-refractivity contribution is -0.138. The first-order chi connectivity index (χ1) is 18.3. The minimum Gasteiger partial charge on any atom is -0.480 e. The molecule has 13 heteroatoms. The van der Waals surface area contributed by atoms with Crippen molar-refractivity contribution in [3.63, 3.8) is 0 Å². The van der Waals surface area contributed by atoms with Gasteiger partial charge in [0.25, 0.3) is 0 Å². The number of aromatic nitrogens is 4. The number of nitrogens with two attached hydrogens (primary N) is 1. The van der Waals surface area contributed by atoms with Gasteiger partial charge in [0.15, 0.2) is 11.2 Å². The molecule has 38 heavy (non-hydrogen) atoms. The fourth-order valence-electron chi connectivity index (χ4n) is 4.36. The highest BCUT2D eigenvalue weighted by molar-refractivity contribution is 7.52. The van der Waals surface area contributed by atoms with Crippen molar-refractivity contribution in [1.29, 1.82) is 0 Å². The molecule has 2 heterocycles. The molecule has 198 valence electrons. The standard InChI is InChI=1S/C25H27N6O6P/c1-15(24(32)33)30-38(34,37-20-9-5-7-17-6-3-4-8-19(17)20)36-13-16-10-11-18(12-16)31-14-27-21-22(31)28-25(26)29-23(21)35-2/h3-11,14-16,18H,12-13H2,1-2H3,(H,30,34)(H,32,33)(H2,26,28,29)/t15?,16-,18+,38?/m1/s1. The van der Waals surface area contributed by atoms with Gasteiger partial charge in [-0.25, -0.2) is 9.55 Å². The fourth-order valence-corrected chi connectivity index (χ4v) is 5.93. The van der Waals surface area contributed by atoms with E-state index in [-0.39, 0.29) is 24.5 Å². The zero-order valence-electron chi connectivity index (χ0n) is 20.7. The lowest BCUT2D eigenvalue weighted by Gasteiger charge is -2.24. The highest BCUT2D eigenvalue weighted by Crippen LogP contribution is 2.47. The van der Waals surface area contributed by atoms with Crippen LogP contribution in [0.4, 0.5) is 5.95 Å². The van der Waals surface area contributed by atoms with Crippen molar-refractivity contribution in [3.8, 4) is 11.6 Å². The van der Waals surface area contributed by atoms with E-state index in [2.05, 4.69) is 20.0 Å². The molecule has 0 aliphatic heterocycles. The van der Waals surface area contributed by atoms with Gasteiger partial charge >= 0.3 is 13.7 Å². The molecule has 0 bridgehead atoms. The zero-order chi connectivity index (χ0) is 26.9. The summed E-state index contributed by atoms with van der Waals surface area (Å²) in [6, 6.07) is 11.5. The lowest BCUT2D eigenvalue weighted by atomic mass is 10.1. The van der Waals surface area contributed by atoms with Gasteiger partial charge in [0.05, 0.1) is 26.1 Å². The Morgan fingerprint density at radius 1 is 1.24 bits per heavy atom. The molecular weight excluding hydrogens is 511 g/mol. The maximum absolute atomic E-state index is 13.8. The average molecular weight is 539 g/mol. The van der Waals surface area contributed by atoms with E-state index in [4.69, 9.17) is 19.5 Å². The predicted molar refractivity (Wildman–Crippen MR) is 141 cm³/mol. The van der Waals surface area contributed by atoms with Crippen molar-refractivity contribution >= 4 is 41.6 Å². The molecular formula is C25H27N6O6P. The van der Waals surface area contributed by atoms with Gasteiger partial charge in [-0.05, 0) is 24.8 Å². The summed E-state index contributed by atoms with van der Waals surface area (Å²) < 4.78 is 32.6. The third-order valence-electron chi connectivity index (χ3n) is 6.26. The molecule has 0 fully saturated rings. The molecule has 2 aromatic heterocycles. The first-order valence-corrected chi connectivity index (χ1v) is 13.5. The van der Waals surface area contributed by atoms with E-state index >= 15 is 0 Å². The smallest absolute Gasteiger partial charge is 0.459 e. The van der Waals surface area contributed by atoms with E-state index in [0.717, 1.165) is 10.8 Å². The van der Waals surface area contributed by atoms with Gasteiger partial charge in [-0.3, -0.25) is 9.32 Å².